The van der Waals surface area contributed by atoms with Crippen LogP contribution in [0, 0.1) is 0 Å². The largest absolute Gasteiger partial charge is 0.466 e. The summed E-state index contributed by atoms with van der Waals surface area (Å²) in [5.41, 5.74) is 0.107. The van der Waals surface area contributed by atoms with Gasteiger partial charge in [0.1, 0.15) is 5.60 Å². The molecule has 0 amide bonds. The third kappa shape index (κ3) is 12.7. The van der Waals surface area contributed by atoms with Gasteiger partial charge in [-0.05, 0) is 27.7 Å². The van der Waals surface area contributed by atoms with E-state index in [9.17, 15) is 9.59 Å². The topological polar surface area (TPSA) is 52.6 Å². The van der Waals surface area contributed by atoms with Crippen LogP contribution in [0.5, 0.6) is 0 Å². The van der Waals surface area contributed by atoms with Crippen LogP contribution in [-0.4, -0.2) is 24.6 Å². The van der Waals surface area contributed by atoms with Gasteiger partial charge in [-0.1, -0.05) is 13.5 Å². The summed E-state index contributed by atoms with van der Waals surface area (Å²) in [6.45, 7) is 12.3. The maximum absolute atomic E-state index is 10.6. The van der Waals surface area contributed by atoms with Gasteiger partial charge in [-0.15, -0.1) is 0 Å². The summed E-state index contributed by atoms with van der Waals surface area (Å²) in [7, 11) is 1.33. The van der Waals surface area contributed by atoms with Crippen LogP contribution in [0.3, 0.4) is 0 Å². The summed E-state index contributed by atoms with van der Waals surface area (Å²) < 4.78 is 9.22. The third-order valence-corrected chi connectivity index (χ3v) is 1.24. The Labute approximate surface area is 97.6 Å². The van der Waals surface area contributed by atoms with Crippen molar-refractivity contribution in [1.82, 2.24) is 0 Å². The van der Waals surface area contributed by atoms with E-state index in [0.717, 1.165) is 0 Å². The Morgan fingerprint density at radius 1 is 1.25 bits per heavy atom. The number of ether oxygens (including phenoxy) is 2. The molecule has 0 saturated carbocycles. The van der Waals surface area contributed by atoms with Gasteiger partial charge >= 0.3 is 11.9 Å². The van der Waals surface area contributed by atoms with E-state index in [0.29, 0.717) is 12.0 Å². The molecule has 4 nitrogen and oxygen atoms in total. The van der Waals surface area contributed by atoms with E-state index in [2.05, 4.69) is 11.3 Å². The highest BCUT2D eigenvalue weighted by Gasteiger charge is 2.13. The number of carbonyl (C=O) groups is 2. The molecule has 0 unspecified atom stereocenters. The molecule has 0 aliphatic rings. The molecular weight excluding hydrogens is 208 g/mol. The molecule has 0 aromatic carbocycles. The van der Waals surface area contributed by atoms with Crippen molar-refractivity contribution in [3.05, 3.63) is 12.2 Å². The van der Waals surface area contributed by atoms with Crippen LogP contribution in [0.25, 0.3) is 0 Å². The Bertz CT molecular complexity index is 248. The third-order valence-electron chi connectivity index (χ3n) is 1.24. The zero-order valence-electron chi connectivity index (χ0n) is 11.0. The van der Waals surface area contributed by atoms with Crippen molar-refractivity contribution >= 4 is 11.9 Å². The Morgan fingerprint density at radius 3 is 1.75 bits per heavy atom. The standard InChI is InChI=1S/C7H14O2.C5H8O2/c1-5-6(8)9-7(2,3)4;1-4(2)5(6)7-3/h5H2,1-4H3;1H2,2-3H3. The highest BCUT2D eigenvalue weighted by Crippen LogP contribution is 2.07. The number of methoxy groups -OCH3 is 1. The Morgan fingerprint density at radius 2 is 1.69 bits per heavy atom. The van der Waals surface area contributed by atoms with Gasteiger partial charge in [0.15, 0.2) is 0 Å². The molecular formula is C12H22O4. The first-order valence-electron chi connectivity index (χ1n) is 5.09. The van der Waals surface area contributed by atoms with E-state index in [1.165, 1.54) is 7.11 Å². The second-order valence-electron chi connectivity index (χ2n) is 4.21. The van der Waals surface area contributed by atoms with Crippen LogP contribution in [0.4, 0.5) is 0 Å². The molecule has 0 radical (unpaired) electrons. The minimum atomic E-state index is -0.347. The molecule has 0 rings (SSSR count). The van der Waals surface area contributed by atoms with Gasteiger partial charge in [0.25, 0.3) is 0 Å². The van der Waals surface area contributed by atoms with E-state index in [4.69, 9.17) is 4.74 Å². The van der Waals surface area contributed by atoms with Crippen LogP contribution >= 0.6 is 0 Å². The van der Waals surface area contributed by atoms with Crippen LogP contribution < -0.4 is 0 Å². The lowest BCUT2D eigenvalue weighted by atomic mass is 10.2. The Balaban J connectivity index is 0. The summed E-state index contributed by atoms with van der Waals surface area (Å²) in [6, 6.07) is 0. The monoisotopic (exact) mass is 230 g/mol. The molecule has 0 saturated heterocycles. The molecule has 0 aliphatic heterocycles. The maximum Gasteiger partial charge on any atom is 0.332 e. The van der Waals surface area contributed by atoms with E-state index in [1.54, 1.807) is 13.8 Å². The normalized spacial score (nSPS) is 9.62. The van der Waals surface area contributed by atoms with E-state index in [1.807, 2.05) is 20.8 Å². The molecule has 0 spiro atoms. The predicted octanol–water partition coefficient (Wildman–Crippen LogP) is 2.47. The number of hydrogen-bond acceptors (Lipinski definition) is 4. The molecule has 0 aromatic rings. The maximum atomic E-state index is 10.6. The molecule has 0 fully saturated rings. The van der Waals surface area contributed by atoms with Crippen molar-refractivity contribution in [3.8, 4) is 0 Å². The van der Waals surface area contributed by atoms with Gasteiger partial charge < -0.3 is 9.47 Å². The van der Waals surface area contributed by atoms with Crippen LogP contribution in [0.15, 0.2) is 12.2 Å². The Kier molecular flexibility index (Phi) is 8.44. The summed E-state index contributed by atoms with van der Waals surface area (Å²) in [4.78, 5) is 20.8. The fourth-order valence-corrected chi connectivity index (χ4v) is 0.588. The molecule has 16 heavy (non-hydrogen) atoms. The molecule has 0 aromatic heterocycles. The summed E-state index contributed by atoms with van der Waals surface area (Å²) >= 11 is 0. The van der Waals surface area contributed by atoms with E-state index in [-0.39, 0.29) is 17.5 Å². The molecule has 0 aliphatic carbocycles. The van der Waals surface area contributed by atoms with Crippen molar-refractivity contribution < 1.29 is 19.1 Å². The highest BCUT2D eigenvalue weighted by atomic mass is 16.6. The quantitative estimate of drug-likeness (QED) is 0.540. The van der Waals surface area contributed by atoms with Crippen molar-refractivity contribution in [1.29, 1.82) is 0 Å². The molecule has 4 heteroatoms. The lowest BCUT2D eigenvalue weighted by Crippen LogP contribution is -2.23. The number of carbonyl (C=O) groups excluding carboxylic acids is 2. The second-order valence-corrected chi connectivity index (χ2v) is 4.21. The average molecular weight is 230 g/mol. The minimum absolute atomic E-state index is 0.137. The Hall–Kier alpha value is -1.32. The first-order chi connectivity index (χ1) is 7.14. The van der Waals surface area contributed by atoms with E-state index < -0.39 is 0 Å². The summed E-state index contributed by atoms with van der Waals surface area (Å²) in [5, 5.41) is 0. The lowest BCUT2D eigenvalue weighted by molar-refractivity contribution is -0.154. The second kappa shape index (κ2) is 7.91. The first kappa shape index (κ1) is 17.1. The lowest BCUT2D eigenvalue weighted by Gasteiger charge is -2.18. The van der Waals surface area contributed by atoms with Crippen molar-refractivity contribution in [2.45, 2.75) is 46.6 Å². The molecule has 94 valence electrons. The van der Waals surface area contributed by atoms with Crippen LogP contribution in [0.1, 0.15) is 41.0 Å². The smallest absolute Gasteiger partial charge is 0.332 e. The summed E-state index contributed by atoms with van der Waals surface area (Å²) in [5.74, 6) is -0.484. The predicted molar refractivity (Wildman–Crippen MR) is 63.0 cm³/mol. The van der Waals surface area contributed by atoms with Crippen LogP contribution in [-0.2, 0) is 19.1 Å². The van der Waals surface area contributed by atoms with Crippen molar-refractivity contribution in [2.75, 3.05) is 7.11 Å². The van der Waals surface area contributed by atoms with Gasteiger partial charge in [0, 0.05) is 12.0 Å². The van der Waals surface area contributed by atoms with Gasteiger partial charge in [0.05, 0.1) is 7.11 Å². The minimum Gasteiger partial charge on any atom is -0.466 e. The first-order valence-corrected chi connectivity index (χ1v) is 5.09. The molecule has 0 heterocycles. The van der Waals surface area contributed by atoms with Crippen molar-refractivity contribution in [2.24, 2.45) is 0 Å². The number of rotatable bonds is 2. The molecule has 0 bridgehead atoms. The molecule has 0 atom stereocenters. The van der Waals surface area contributed by atoms with Crippen molar-refractivity contribution in [3.63, 3.8) is 0 Å². The van der Waals surface area contributed by atoms with Crippen LogP contribution in [0.2, 0.25) is 0 Å². The fourth-order valence-electron chi connectivity index (χ4n) is 0.588. The van der Waals surface area contributed by atoms with Gasteiger partial charge in [-0.2, -0.15) is 0 Å². The number of esters is 2. The SMILES string of the molecule is C=C(C)C(=O)OC.CCC(=O)OC(C)(C)C. The van der Waals surface area contributed by atoms with Gasteiger partial charge in [-0.3, -0.25) is 4.79 Å². The zero-order chi connectivity index (χ0) is 13.4. The van der Waals surface area contributed by atoms with Gasteiger partial charge in [-0.25, -0.2) is 4.79 Å². The van der Waals surface area contributed by atoms with E-state index >= 15 is 0 Å². The zero-order valence-corrected chi connectivity index (χ0v) is 11.0. The molecule has 0 N–H and O–H groups in total. The van der Waals surface area contributed by atoms with Gasteiger partial charge in [0.2, 0.25) is 0 Å². The fraction of sp³-hybridized carbons (Fsp3) is 0.667. The number of hydrogen-bond donors (Lipinski definition) is 0. The summed E-state index contributed by atoms with van der Waals surface area (Å²) in [6.07, 6.45) is 0.456. The average Bonchev–Trinajstić information content (AvgIpc) is 2.14. The highest BCUT2D eigenvalue weighted by molar-refractivity contribution is 5.86.